The minimum atomic E-state index is -0.0678. The number of carbonyl (C=O) groups excluding carboxylic acids is 2. The van der Waals surface area contributed by atoms with Crippen molar-refractivity contribution >= 4 is 17.5 Å². The number of hydrogen-bond donors (Lipinski definition) is 2. The molecule has 2 amide bonds. The predicted molar refractivity (Wildman–Crippen MR) is 83.3 cm³/mol. The molecule has 1 aliphatic rings. The molecule has 1 unspecified atom stereocenters. The lowest BCUT2D eigenvalue weighted by molar-refractivity contribution is -0.121. The zero-order chi connectivity index (χ0) is 15.6. The summed E-state index contributed by atoms with van der Waals surface area (Å²) in [6.45, 7) is 5.67. The molecule has 1 fully saturated rings. The molecule has 5 heteroatoms. The van der Waals surface area contributed by atoms with E-state index in [1.807, 2.05) is 19.9 Å². The topological polar surface area (TPSA) is 61.4 Å². The molecule has 1 aliphatic heterocycles. The average molecular weight is 289 g/mol. The third-order valence-corrected chi connectivity index (χ3v) is 4.08. The van der Waals surface area contributed by atoms with Gasteiger partial charge in [0.2, 0.25) is 5.91 Å². The minimum Gasteiger partial charge on any atom is -0.345 e. The van der Waals surface area contributed by atoms with Gasteiger partial charge in [0, 0.05) is 31.3 Å². The predicted octanol–water partition coefficient (Wildman–Crippen LogP) is 1.49. The Morgan fingerprint density at radius 2 is 2.00 bits per heavy atom. The number of rotatable bonds is 4. The van der Waals surface area contributed by atoms with E-state index >= 15 is 0 Å². The molecule has 0 bridgehead atoms. The molecule has 0 radical (unpaired) electrons. The Labute approximate surface area is 125 Å². The van der Waals surface area contributed by atoms with Gasteiger partial charge in [0.15, 0.2) is 0 Å². The molecule has 1 aromatic rings. The SMILES string of the molecule is Cc1ccc(C(=O)N(C)C)cc1NC(=O)C(C)C1CNC1. The van der Waals surface area contributed by atoms with E-state index in [1.165, 1.54) is 4.90 Å². The van der Waals surface area contributed by atoms with Crippen LogP contribution in [0.5, 0.6) is 0 Å². The van der Waals surface area contributed by atoms with Crippen LogP contribution in [0.15, 0.2) is 18.2 Å². The fraction of sp³-hybridized carbons (Fsp3) is 0.500. The Morgan fingerprint density at radius 1 is 1.33 bits per heavy atom. The Kier molecular flexibility index (Phi) is 4.63. The third-order valence-electron chi connectivity index (χ3n) is 4.08. The summed E-state index contributed by atoms with van der Waals surface area (Å²) in [6.07, 6.45) is 0. The van der Waals surface area contributed by atoms with Crippen molar-refractivity contribution in [2.45, 2.75) is 13.8 Å². The normalized spacial score (nSPS) is 16.0. The van der Waals surface area contributed by atoms with Gasteiger partial charge >= 0.3 is 0 Å². The van der Waals surface area contributed by atoms with Crippen LogP contribution in [-0.4, -0.2) is 43.9 Å². The number of nitrogens with one attached hydrogen (secondary N) is 2. The quantitative estimate of drug-likeness (QED) is 0.883. The third kappa shape index (κ3) is 3.42. The van der Waals surface area contributed by atoms with Crippen LogP contribution in [0.4, 0.5) is 5.69 Å². The maximum Gasteiger partial charge on any atom is 0.253 e. The highest BCUT2D eigenvalue weighted by Gasteiger charge is 2.28. The summed E-state index contributed by atoms with van der Waals surface area (Å²) in [5, 5.41) is 6.13. The van der Waals surface area contributed by atoms with Crippen LogP contribution in [-0.2, 0) is 4.79 Å². The Balaban J connectivity index is 2.13. The highest BCUT2D eigenvalue weighted by atomic mass is 16.2. The van der Waals surface area contributed by atoms with Crippen molar-refractivity contribution in [3.63, 3.8) is 0 Å². The number of carbonyl (C=O) groups is 2. The fourth-order valence-corrected chi connectivity index (χ4v) is 2.27. The van der Waals surface area contributed by atoms with Crippen molar-refractivity contribution in [2.24, 2.45) is 11.8 Å². The van der Waals surface area contributed by atoms with Crippen molar-refractivity contribution in [3.05, 3.63) is 29.3 Å². The maximum absolute atomic E-state index is 12.3. The van der Waals surface area contributed by atoms with Crippen LogP contribution < -0.4 is 10.6 Å². The van der Waals surface area contributed by atoms with Crippen LogP contribution in [0, 0.1) is 18.8 Å². The summed E-state index contributed by atoms with van der Waals surface area (Å²) in [5.41, 5.74) is 2.25. The van der Waals surface area contributed by atoms with Crippen LogP contribution in [0.2, 0.25) is 0 Å². The first-order chi connectivity index (χ1) is 9.90. The van der Waals surface area contributed by atoms with Gasteiger partial charge in [0.1, 0.15) is 0 Å². The standard InChI is InChI=1S/C16H23N3O2/c1-10-5-6-12(16(21)19(3)4)7-14(10)18-15(20)11(2)13-8-17-9-13/h5-7,11,13,17H,8-9H2,1-4H3,(H,18,20). The molecule has 0 aliphatic carbocycles. The lowest BCUT2D eigenvalue weighted by Gasteiger charge is -2.31. The fourth-order valence-electron chi connectivity index (χ4n) is 2.27. The van der Waals surface area contributed by atoms with Gasteiger partial charge in [-0.15, -0.1) is 0 Å². The van der Waals surface area contributed by atoms with E-state index in [2.05, 4.69) is 10.6 Å². The van der Waals surface area contributed by atoms with Crippen LogP contribution in [0.3, 0.4) is 0 Å². The summed E-state index contributed by atoms with van der Waals surface area (Å²) in [5.74, 6) is 0.316. The summed E-state index contributed by atoms with van der Waals surface area (Å²) in [6, 6.07) is 5.40. The number of benzene rings is 1. The second-order valence-electron chi connectivity index (χ2n) is 5.93. The van der Waals surface area contributed by atoms with Crippen molar-refractivity contribution in [1.82, 2.24) is 10.2 Å². The van der Waals surface area contributed by atoms with Crippen molar-refractivity contribution < 1.29 is 9.59 Å². The van der Waals surface area contributed by atoms with E-state index in [4.69, 9.17) is 0 Å². The van der Waals surface area contributed by atoms with Gasteiger partial charge in [-0.1, -0.05) is 13.0 Å². The molecule has 0 saturated carbocycles. The van der Waals surface area contributed by atoms with Crippen molar-refractivity contribution in [2.75, 3.05) is 32.5 Å². The first-order valence-corrected chi connectivity index (χ1v) is 7.24. The Hall–Kier alpha value is -1.88. The monoisotopic (exact) mass is 289 g/mol. The molecule has 5 nitrogen and oxygen atoms in total. The average Bonchev–Trinajstić information content (AvgIpc) is 2.38. The molecule has 1 heterocycles. The van der Waals surface area contributed by atoms with Crippen molar-refractivity contribution in [3.8, 4) is 0 Å². The van der Waals surface area contributed by atoms with Gasteiger partial charge < -0.3 is 15.5 Å². The number of amides is 2. The number of hydrogen-bond acceptors (Lipinski definition) is 3. The van der Waals surface area contributed by atoms with Crippen LogP contribution in [0.25, 0.3) is 0 Å². The molecule has 1 atom stereocenters. The largest absolute Gasteiger partial charge is 0.345 e. The highest BCUT2D eigenvalue weighted by molar-refractivity contribution is 5.98. The molecular weight excluding hydrogens is 266 g/mol. The van der Waals surface area contributed by atoms with E-state index in [0.717, 1.165) is 18.7 Å². The molecule has 2 N–H and O–H groups in total. The van der Waals surface area contributed by atoms with Crippen LogP contribution in [0.1, 0.15) is 22.8 Å². The lowest BCUT2D eigenvalue weighted by atomic mass is 9.88. The highest BCUT2D eigenvalue weighted by Crippen LogP contribution is 2.21. The second-order valence-corrected chi connectivity index (χ2v) is 5.93. The van der Waals surface area contributed by atoms with Gasteiger partial charge in [-0.25, -0.2) is 0 Å². The van der Waals surface area contributed by atoms with Gasteiger partial charge in [0.05, 0.1) is 0 Å². The molecule has 1 saturated heterocycles. The van der Waals surface area contributed by atoms with Crippen LogP contribution >= 0.6 is 0 Å². The van der Waals surface area contributed by atoms with E-state index in [-0.39, 0.29) is 17.7 Å². The molecule has 0 spiro atoms. The Bertz CT molecular complexity index is 550. The van der Waals surface area contributed by atoms with Gasteiger partial charge in [-0.2, -0.15) is 0 Å². The summed E-state index contributed by atoms with van der Waals surface area (Å²) < 4.78 is 0. The molecule has 114 valence electrons. The first-order valence-electron chi connectivity index (χ1n) is 7.24. The van der Waals surface area contributed by atoms with Gasteiger partial charge in [0.25, 0.3) is 5.91 Å². The molecule has 1 aromatic carbocycles. The minimum absolute atomic E-state index is 0.0130. The first kappa shape index (κ1) is 15.5. The van der Waals surface area contributed by atoms with Gasteiger partial charge in [-0.3, -0.25) is 9.59 Å². The molecule has 2 rings (SSSR count). The second kappa shape index (κ2) is 6.26. The van der Waals surface area contributed by atoms with E-state index in [1.54, 1.807) is 26.2 Å². The lowest BCUT2D eigenvalue weighted by Crippen LogP contribution is -2.48. The number of anilines is 1. The zero-order valence-electron chi connectivity index (χ0n) is 13.1. The van der Waals surface area contributed by atoms with E-state index in [0.29, 0.717) is 17.2 Å². The van der Waals surface area contributed by atoms with E-state index in [9.17, 15) is 9.59 Å². The molecule has 0 aromatic heterocycles. The zero-order valence-corrected chi connectivity index (χ0v) is 13.1. The van der Waals surface area contributed by atoms with Crippen molar-refractivity contribution in [1.29, 1.82) is 0 Å². The smallest absolute Gasteiger partial charge is 0.253 e. The number of aryl methyl sites for hydroxylation is 1. The summed E-state index contributed by atoms with van der Waals surface area (Å²) >= 11 is 0. The Morgan fingerprint density at radius 3 is 2.52 bits per heavy atom. The van der Waals surface area contributed by atoms with Gasteiger partial charge in [-0.05, 0) is 43.6 Å². The maximum atomic E-state index is 12.3. The molecular formula is C16H23N3O2. The molecule has 21 heavy (non-hydrogen) atoms. The number of nitrogens with zero attached hydrogens (tertiary/aromatic N) is 1. The summed E-state index contributed by atoms with van der Waals surface area (Å²) in [7, 11) is 3.43. The summed E-state index contributed by atoms with van der Waals surface area (Å²) in [4.78, 5) is 25.8. The van der Waals surface area contributed by atoms with E-state index < -0.39 is 0 Å².